The molecule has 2 aromatic carbocycles. The van der Waals surface area contributed by atoms with E-state index < -0.39 is 11.8 Å². The van der Waals surface area contributed by atoms with Gasteiger partial charge in [-0.15, -0.1) is 0 Å². The van der Waals surface area contributed by atoms with Gasteiger partial charge in [0.25, 0.3) is 11.8 Å². The Labute approximate surface area is 182 Å². The summed E-state index contributed by atoms with van der Waals surface area (Å²) in [5.41, 5.74) is 4.42. The zero-order valence-electron chi connectivity index (χ0n) is 16.1. The Morgan fingerprint density at radius 1 is 1.10 bits per heavy atom. The van der Waals surface area contributed by atoms with Gasteiger partial charge in [-0.05, 0) is 62.0 Å². The van der Waals surface area contributed by atoms with Crippen molar-refractivity contribution in [3.8, 4) is 0 Å². The van der Waals surface area contributed by atoms with Crippen molar-refractivity contribution in [2.24, 2.45) is 7.05 Å². The van der Waals surface area contributed by atoms with Gasteiger partial charge in [-0.2, -0.15) is 0 Å². The lowest BCUT2D eigenvalue weighted by Gasteiger charge is -2.30. The van der Waals surface area contributed by atoms with Crippen LogP contribution in [0.3, 0.4) is 0 Å². The van der Waals surface area contributed by atoms with Gasteiger partial charge in [0.15, 0.2) is 5.11 Å². The Hall–Kier alpha value is -2.77. The minimum Gasteiger partial charge on any atom is -0.347 e. The van der Waals surface area contributed by atoms with Crippen molar-refractivity contribution < 1.29 is 9.59 Å². The smallest absolute Gasteiger partial charge is 0.270 e. The van der Waals surface area contributed by atoms with Crippen LogP contribution in [-0.2, 0) is 16.6 Å². The molecule has 4 rings (SSSR count). The lowest BCUT2D eigenvalue weighted by Crippen LogP contribution is -2.54. The third kappa shape index (κ3) is 3.20. The third-order valence-corrected chi connectivity index (χ3v) is 6.02. The van der Waals surface area contributed by atoms with E-state index in [1.54, 1.807) is 6.08 Å². The topological polar surface area (TPSA) is 54.3 Å². The van der Waals surface area contributed by atoms with E-state index in [0.717, 1.165) is 32.2 Å². The molecule has 0 bridgehead atoms. The Morgan fingerprint density at radius 2 is 1.83 bits per heavy atom. The van der Waals surface area contributed by atoms with Crippen molar-refractivity contribution in [1.29, 1.82) is 0 Å². The first-order valence-electron chi connectivity index (χ1n) is 9.01. The van der Waals surface area contributed by atoms with Gasteiger partial charge < -0.3 is 4.57 Å². The van der Waals surface area contributed by atoms with Crippen molar-refractivity contribution in [2.45, 2.75) is 13.8 Å². The minimum absolute atomic E-state index is 0.0559. The molecule has 0 unspecified atom stereocenters. The highest BCUT2D eigenvalue weighted by Crippen LogP contribution is 2.30. The Balaban J connectivity index is 1.86. The van der Waals surface area contributed by atoms with Crippen LogP contribution in [0.1, 0.15) is 16.8 Å². The molecule has 7 heteroatoms. The number of nitrogens with zero attached hydrogens (tertiary/aromatic N) is 2. The lowest BCUT2D eigenvalue weighted by atomic mass is 10.0. The number of carbonyl (C=O) groups excluding carboxylic acids is 2. The van der Waals surface area contributed by atoms with Crippen molar-refractivity contribution >= 4 is 67.7 Å². The normalized spacial score (nSPS) is 16.1. The van der Waals surface area contributed by atoms with Crippen LogP contribution in [-0.4, -0.2) is 21.5 Å². The first-order chi connectivity index (χ1) is 13.8. The Kier molecular flexibility index (Phi) is 4.88. The largest absolute Gasteiger partial charge is 0.347 e. The molecule has 3 aromatic rings. The van der Waals surface area contributed by atoms with Gasteiger partial charge in [0.05, 0.1) is 5.69 Å². The molecule has 1 saturated heterocycles. The number of rotatable bonds is 2. The van der Waals surface area contributed by atoms with Crippen LogP contribution < -0.4 is 10.2 Å². The van der Waals surface area contributed by atoms with E-state index in [4.69, 9.17) is 12.2 Å². The Bertz CT molecular complexity index is 1240. The zero-order valence-corrected chi connectivity index (χ0v) is 18.5. The number of amides is 2. The predicted molar refractivity (Wildman–Crippen MR) is 123 cm³/mol. The van der Waals surface area contributed by atoms with E-state index in [9.17, 15) is 9.59 Å². The van der Waals surface area contributed by atoms with Crippen LogP contribution in [0, 0.1) is 13.8 Å². The van der Waals surface area contributed by atoms with Crippen LogP contribution >= 0.6 is 28.1 Å². The zero-order chi connectivity index (χ0) is 20.9. The molecular weight excluding hydrogens is 450 g/mol. The maximum Gasteiger partial charge on any atom is 0.270 e. The first-order valence-corrected chi connectivity index (χ1v) is 10.2. The second-order valence-electron chi connectivity index (χ2n) is 6.96. The summed E-state index contributed by atoms with van der Waals surface area (Å²) in [5, 5.41) is 3.72. The van der Waals surface area contributed by atoms with E-state index in [1.807, 2.05) is 67.9 Å². The van der Waals surface area contributed by atoms with Gasteiger partial charge in [-0.1, -0.05) is 34.1 Å². The number of halogens is 1. The standard InChI is InChI=1S/C22H18BrN3O2S/c1-12-10-14(23)8-9-18(12)26-21(28)17(20(27)24-22(26)29)11-16-13(2)25(3)19-7-5-4-6-15(16)19/h4-11H,1-3H3,(H,24,27,29). The number of para-hydroxylation sites is 1. The summed E-state index contributed by atoms with van der Waals surface area (Å²) < 4.78 is 2.95. The van der Waals surface area contributed by atoms with Crippen LogP contribution in [0.5, 0.6) is 0 Å². The van der Waals surface area contributed by atoms with Crippen molar-refractivity contribution in [1.82, 2.24) is 9.88 Å². The average molecular weight is 468 g/mol. The maximum atomic E-state index is 13.3. The van der Waals surface area contributed by atoms with E-state index in [0.29, 0.717) is 5.69 Å². The van der Waals surface area contributed by atoms with Crippen LogP contribution in [0.4, 0.5) is 5.69 Å². The molecule has 0 saturated carbocycles. The van der Waals surface area contributed by atoms with Gasteiger partial charge in [0, 0.05) is 33.7 Å². The van der Waals surface area contributed by atoms with E-state index in [-0.39, 0.29) is 10.7 Å². The molecule has 1 aliphatic heterocycles. The van der Waals surface area contributed by atoms with Crippen LogP contribution in [0.2, 0.25) is 0 Å². The summed E-state index contributed by atoms with van der Waals surface area (Å²) >= 11 is 8.74. The number of aryl methyl sites for hydroxylation is 2. The molecule has 146 valence electrons. The van der Waals surface area contributed by atoms with Gasteiger partial charge in [-0.3, -0.25) is 19.8 Å². The summed E-state index contributed by atoms with van der Waals surface area (Å²) in [4.78, 5) is 27.4. The summed E-state index contributed by atoms with van der Waals surface area (Å²) in [6, 6.07) is 13.5. The number of anilines is 1. The molecule has 5 nitrogen and oxygen atoms in total. The second kappa shape index (κ2) is 7.24. The van der Waals surface area contributed by atoms with E-state index >= 15 is 0 Å². The maximum absolute atomic E-state index is 13.3. The highest BCUT2D eigenvalue weighted by Gasteiger charge is 2.35. The fourth-order valence-electron chi connectivity index (χ4n) is 3.62. The summed E-state index contributed by atoms with van der Waals surface area (Å²) in [6.07, 6.45) is 1.66. The minimum atomic E-state index is -0.488. The number of hydrogen-bond acceptors (Lipinski definition) is 3. The quantitative estimate of drug-likeness (QED) is 0.345. The fraction of sp³-hybridized carbons (Fsp3) is 0.136. The number of aromatic nitrogens is 1. The molecule has 0 spiro atoms. The third-order valence-electron chi connectivity index (χ3n) is 5.24. The molecule has 1 fully saturated rings. The Morgan fingerprint density at radius 3 is 2.55 bits per heavy atom. The molecule has 2 heterocycles. The summed E-state index contributed by atoms with van der Waals surface area (Å²) in [6.45, 7) is 3.86. The monoisotopic (exact) mass is 467 g/mol. The summed E-state index contributed by atoms with van der Waals surface area (Å²) in [5.74, 6) is -0.921. The van der Waals surface area contributed by atoms with Crippen molar-refractivity contribution in [2.75, 3.05) is 4.90 Å². The predicted octanol–water partition coefficient (Wildman–Crippen LogP) is 4.39. The number of nitrogens with one attached hydrogen (secondary N) is 1. The van der Waals surface area contributed by atoms with Crippen molar-refractivity contribution in [3.63, 3.8) is 0 Å². The fourth-order valence-corrected chi connectivity index (χ4v) is 4.37. The highest BCUT2D eigenvalue weighted by molar-refractivity contribution is 9.10. The molecule has 0 atom stereocenters. The molecule has 1 N–H and O–H groups in total. The number of hydrogen-bond donors (Lipinski definition) is 1. The molecule has 0 radical (unpaired) electrons. The van der Waals surface area contributed by atoms with E-state index in [1.165, 1.54) is 4.90 Å². The molecule has 1 aliphatic rings. The van der Waals surface area contributed by atoms with E-state index in [2.05, 4.69) is 21.2 Å². The lowest BCUT2D eigenvalue weighted by molar-refractivity contribution is -0.122. The van der Waals surface area contributed by atoms with Gasteiger partial charge >= 0.3 is 0 Å². The molecule has 0 aliphatic carbocycles. The summed E-state index contributed by atoms with van der Waals surface area (Å²) in [7, 11) is 1.97. The molecule has 29 heavy (non-hydrogen) atoms. The van der Waals surface area contributed by atoms with Crippen molar-refractivity contribution in [3.05, 3.63) is 69.3 Å². The number of fused-ring (bicyclic) bond motifs is 1. The van der Waals surface area contributed by atoms with Gasteiger partial charge in [-0.25, -0.2) is 0 Å². The van der Waals surface area contributed by atoms with Gasteiger partial charge in [0.2, 0.25) is 0 Å². The van der Waals surface area contributed by atoms with Crippen LogP contribution in [0.15, 0.2) is 52.5 Å². The molecular formula is C22H18BrN3O2S. The number of thiocarbonyl (C=S) groups is 1. The average Bonchev–Trinajstić information content (AvgIpc) is 2.91. The van der Waals surface area contributed by atoms with Crippen LogP contribution in [0.25, 0.3) is 17.0 Å². The van der Waals surface area contributed by atoms with Gasteiger partial charge in [0.1, 0.15) is 5.57 Å². The number of benzene rings is 2. The SMILES string of the molecule is Cc1cc(Br)ccc1N1C(=O)C(=Cc2c(C)n(C)c3ccccc23)C(=O)NC1=S. The first kappa shape index (κ1) is 19.5. The highest BCUT2D eigenvalue weighted by atomic mass is 79.9. The second-order valence-corrected chi connectivity index (χ2v) is 8.27. The molecule has 1 aromatic heterocycles. The number of carbonyl (C=O) groups is 2. The molecule has 2 amide bonds.